The molecule has 0 atom stereocenters. The van der Waals surface area contributed by atoms with Gasteiger partial charge in [0.25, 0.3) is 5.91 Å². The second-order valence-corrected chi connectivity index (χ2v) is 6.25. The van der Waals surface area contributed by atoms with Gasteiger partial charge in [-0.3, -0.25) is 4.79 Å². The van der Waals surface area contributed by atoms with E-state index in [0.717, 1.165) is 23.4 Å². The molecule has 0 bridgehead atoms. The summed E-state index contributed by atoms with van der Waals surface area (Å²) in [6.45, 7) is 4.83. The van der Waals surface area contributed by atoms with E-state index >= 15 is 0 Å². The zero-order valence-corrected chi connectivity index (χ0v) is 17.1. The SMILES string of the molecule is CCn1c(C)nc2cc(C(=O)NN=Cc3c(OC)cc(OC)cc3OC)ccc21. The number of imidazole rings is 1. The summed E-state index contributed by atoms with van der Waals surface area (Å²) in [7, 11) is 4.64. The molecule has 0 aliphatic heterocycles. The number of methoxy groups -OCH3 is 3. The monoisotopic (exact) mass is 396 g/mol. The van der Waals surface area contributed by atoms with Crippen molar-refractivity contribution in [3.63, 3.8) is 0 Å². The number of hydrogen-bond donors (Lipinski definition) is 1. The molecule has 8 heteroatoms. The Hall–Kier alpha value is -3.55. The number of aromatic nitrogens is 2. The van der Waals surface area contributed by atoms with Crippen LogP contribution in [0.4, 0.5) is 0 Å². The van der Waals surface area contributed by atoms with Crippen LogP contribution < -0.4 is 19.6 Å². The van der Waals surface area contributed by atoms with E-state index in [9.17, 15) is 4.79 Å². The maximum atomic E-state index is 12.5. The molecule has 0 saturated heterocycles. The molecule has 0 unspecified atom stereocenters. The molecule has 3 aromatic rings. The molecule has 29 heavy (non-hydrogen) atoms. The van der Waals surface area contributed by atoms with Gasteiger partial charge in [0.05, 0.1) is 44.1 Å². The lowest BCUT2D eigenvalue weighted by molar-refractivity contribution is 0.0955. The first-order valence-electron chi connectivity index (χ1n) is 9.12. The molecule has 2 aromatic carbocycles. The van der Waals surface area contributed by atoms with Gasteiger partial charge in [0.2, 0.25) is 0 Å². The van der Waals surface area contributed by atoms with Crippen LogP contribution in [0.25, 0.3) is 11.0 Å². The molecular formula is C21H24N4O4. The number of nitrogens with zero attached hydrogens (tertiary/aromatic N) is 3. The highest BCUT2D eigenvalue weighted by molar-refractivity contribution is 5.98. The van der Waals surface area contributed by atoms with Gasteiger partial charge in [0.1, 0.15) is 23.1 Å². The van der Waals surface area contributed by atoms with Crippen molar-refractivity contribution in [2.45, 2.75) is 20.4 Å². The van der Waals surface area contributed by atoms with Gasteiger partial charge in [-0.15, -0.1) is 0 Å². The van der Waals surface area contributed by atoms with E-state index in [4.69, 9.17) is 14.2 Å². The molecule has 0 aliphatic rings. The number of ether oxygens (including phenoxy) is 3. The summed E-state index contributed by atoms with van der Waals surface area (Å²) in [6, 6.07) is 8.84. The molecule has 1 amide bonds. The number of aryl methyl sites for hydroxylation is 2. The van der Waals surface area contributed by atoms with Gasteiger partial charge in [-0.05, 0) is 32.0 Å². The largest absolute Gasteiger partial charge is 0.496 e. The summed E-state index contributed by atoms with van der Waals surface area (Å²) in [5.41, 5.74) is 5.37. The highest BCUT2D eigenvalue weighted by Gasteiger charge is 2.13. The minimum Gasteiger partial charge on any atom is -0.496 e. The second kappa shape index (κ2) is 8.64. The van der Waals surface area contributed by atoms with Crippen molar-refractivity contribution >= 4 is 23.2 Å². The number of hydrazone groups is 1. The molecule has 1 N–H and O–H groups in total. The Bertz CT molecular complexity index is 1050. The quantitative estimate of drug-likeness (QED) is 0.490. The highest BCUT2D eigenvalue weighted by atomic mass is 16.5. The smallest absolute Gasteiger partial charge is 0.271 e. The summed E-state index contributed by atoms with van der Waals surface area (Å²) >= 11 is 0. The maximum absolute atomic E-state index is 12.5. The maximum Gasteiger partial charge on any atom is 0.271 e. The average Bonchev–Trinajstić information content (AvgIpc) is 3.07. The number of rotatable bonds is 7. The number of nitrogens with one attached hydrogen (secondary N) is 1. The molecule has 8 nitrogen and oxygen atoms in total. The molecule has 0 radical (unpaired) electrons. The molecule has 3 rings (SSSR count). The zero-order chi connectivity index (χ0) is 21.0. The van der Waals surface area contributed by atoms with Crippen LogP contribution in [-0.2, 0) is 6.54 Å². The number of amides is 1. The van der Waals surface area contributed by atoms with Crippen LogP contribution in [-0.4, -0.2) is 43.0 Å². The van der Waals surface area contributed by atoms with E-state index in [0.29, 0.717) is 28.4 Å². The first-order chi connectivity index (χ1) is 14.0. The lowest BCUT2D eigenvalue weighted by atomic mass is 10.2. The van der Waals surface area contributed by atoms with Crippen molar-refractivity contribution in [3.8, 4) is 17.2 Å². The number of carbonyl (C=O) groups is 1. The van der Waals surface area contributed by atoms with E-state index in [1.54, 1.807) is 31.4 Å². The standard InChI is InChI=1S/C21H24N4O4/c1-6-25-13(2)23-17-9-14(7-8-18(17)25)21(26)24-22-12-16-19(28-4)10-15(27-3)11-20(16)29-5/h7-12H,6H2,1-5H3,(H,24,26). The van der Waals surface area contributed by atoms with Gasteiger partial charge in [-0.25, -0.2) is 10.4 Å². The third-order valence-electron chi connectivity index (χ3n) is 4.63. The van der Waals surface area contributed by atoms with Crippen molar-refractivity contribution < 1.29 is 19.0 Å². The first kappa shape index (κ1) is 20.2. The molecule has 152 valence electrons. The molecule has 1 aromatic heterocycles. The van der Waals surface area contributed by atoms with E-state index in [-0.39, 0.29) is 5.91 Å². The number of carbonyl (C=O) groups excluding carboxylic acids is 1. The lowest BCUT2D eigenvalue weighted by Crippen LogP contribution is -2.17. The van der Waals surface area contributed by atoms with E-state index < -0.39 is 0 Å². The van der Waals surface area contributed by atoms with Crippen LogP contribution in [0.3, 0.4) is 0 Å². The molecule has 0 spiro atoms. The highest BCUT2D eigenvalue weighted by Crippen LogP contribution is 2.32. The van der Waals surface area contributed by atoms with Crippen LogP contribution >= 0.6 is 0 Å². The number of benzene rings is 2. The van der Waals surface area contributed by atoms with Gasteiger partial charge >= 0.3 is 0 Å². The molecule has 0 aliphatic carbocycles. The van der Waals surface area contributed by atoms with Crippen molar-refractivity contribution in [3.05, 3.63) is 47.3 Å². The average molecular weight is 396 g/mol. The second-order valence-electron chi connectivity index (χ2n) is 6.25. The van der Waals surface area contributed by atoms with Gasteiger partial charge in [-0.2, -0.15) is 5.10 Å². The van der Waals surface area contributed by atoms with Crippen LogP contribution in [0.15, 0.2) is 35.4 Å². The third kappa shape index (κ3) is 4.01. The minimum atomic E-state index is -0.335. The van der Waals surface area contributed by atoms with Crippen molar-refractivity contribution in [2.24, 2.45) is 5.10 Å². The normalized spacial score (nSPS) is 11.1. The Morgan fingerprint density at radius 3 is 2.41 bits per heavy atom. The molecule has 0 saturated carbocycles. The van der Waals surface area contributed by atoms with Crippen molar-refractivity contribution in [1.29, 1.82) is 0 Å². The van der Waals surface area contributed by atoms with Crippen LogP contribution in [0.1, 0.15) is 28.7 Å². The molecular weight excluding hydrogens is 372 g/mol. The fourth-order valence-corrected chi connectivity index (χ4v) is 3.17. The fraction of sp³-hybridized carbons (Fsp3) is 0.286. The number of hydrogen-bond acceptors (Lipinski definition) is 6. The Morgan fingerprint density at radius 1 is 1.14 bits per heavy atom. The minimum absolute atomic E-state index is 0.335. The van der Waals surface area contributed by atoms with Gasteiger partial charge in [0.15, 0.2) is 0 Å². The van der Waals surface area contributed by atoms with E-state index in [1.165, 1.54) is 20.4 Å². The van der Waals surface area contributed by atoms with E-state index in [1.807, 2.05) is 13.0 Å². The predicted octanol–water partition coefficient (Wildman–Crippen LogP) is 3.15. The summed E-state index contributed by atoms with van der Waals surface area (Å²) in [5, 5.41) is 4.06. The topological polar surface area (TPSA) is 87.0 Å². The molecule has 0 fully saturated rings. The van der Waals surface area contributed by atoms with Crippen LogP contribution in [0.5, 0.6) is 17.2 Å². The summed E-state index contributed by atoms with van der Waals surface area (Å²) < 4.78 is 18.1. The van der Waals surface area contributed by atoms with Crippen LogP contribution in [0.2, 0.25) is 0 Å². The Labute approximate surface area is 169 Å². The van der Waals surface area contributed by atoms with Gasteiger partial charge in [-0.1, -0.05) is 0 Å². The Balaban J connectivity index is 1.82. The Morgan fingerprint density at radius 2 is 1.83 bits per heavy atom. The summed E-state index contributed by atoms with van der Waals surface area (Å²) in [5.74, 6) is 2.20. The van der Waals surface area contributed by atoms with E-state index in [2.05, 4.69) is 27.0 Å². The fourth-order valence-electron chi connectivity index (χ4n) is 3.17. The predicted molar refractivity (Wildman–Crippen MR) is 111 cm³/mol. The summed E-state index contributed by atoms with van der Waals surface area (Å²) in [4.78, 5) is 17.0. The molecule has 1 heterocycles. The first-order valence-corrected chi connectivity index (χ1v) is 9.12. The van der Waals surface area contributed by atoms with Crippen LogP contribution in [0, 0.1) is 6.92 Å². The van der Waals surface area contributed by atoms with Crippen molar-refractivity contribution in [2.75, 3.05) is 21.3 Å². The van der Waals surface area contributed by atoms with Gasteiger partial charge < -0.3 is 18.8 Å². The summed E-state index contributed by atoms with van der Waals surface area (Å²) in [6.07, 6.45) is 1.48. The zero-order valence-electron chi connectivity index (χ0n) is 17.1. The lowest BCUT2D eigenvalue weighted by Gasteiger charge is -2.12. The van der Waals surface area contributed by atoms with Gasteiger partial charge in [0, 0.05) is 24.2 Å². The van der Waals surface area contributed by atoms with Crippen molar-refractivity contribution in [1.82, 2.24) is 15.0 Å². The third-order valence-corrected chi connectivity index (χ3v) is 4.63. The number of fused-ring (bicyclic) bond motifs is 1. The Kier molecular flexibility index (Phi) is 6.01.